The lowest BCUT2D eigenvalue weighted by molar-refractivity contribution is 0.176. The number of methoxy groups -OCH3 is 3. The second-order valence-corrected chi connectivity index (χ2v) is 8.46. The molecule has 0 bridgehead atoms. The number of phenolic OH excluding ortho intramolecular Hbond substituents is 1. The summed E-state index contributed by atoms with van der Waals surface area (Å²) in [5, 5.41) is 12.9. The third-order valence-electron chi connectivity index (χ3n) is 6.75. The van der Waals surface area contributed by atoms with Crippen LogP contribution in [0.3, 0.4) is 0 Å². The van der Waals surface area contributed by atoms with Crippen molar-refractivity contribution in [2.24, 2.45) is 0 Å². The van der Waals surface area contributed by atoms with Gasteiger partial charge in [-0.05, 0) is 74.5 Å². The summed E-state index contributed by atoms with van der Waals surface area (Å²) in [4.78, 5) is 2.30. The molecule has 5 nitrogen and oxygen atoms in total. The van der Waals surface area contributed by atoms with Gasteiger partial charge in [-0.3, -0.25) is 4.90 Å². The van der Waals surface area contributed by atoms with Crippen molar-refractivity contribution in [2.75, 3.05) is 28.4 Å². The summed E-state index contributed by atoms with van der Waals surface area (Å²) < 4.78 is 17.2. The third-order valence-corrected chi connectivity index (χ3v) is 6.75. The van der Waals surface area contributed by atoms with Gasteiger partial charge >= 0.3 is 0 Å². The Morgan fingerprint density at radius 2 is 1.61 bits per heavy atom. The Bertz CT molecular complexity index is 1150. The van der Waals surface area contributed by atoms with Gasteiger partial charge in [-0.1, -0.05) is 6.07 Å². The highest BCUT2D eigenvalue weighted by molar-refractivity contribution is 6.05. The van der Waals surface area contributed by atoms with Crippen LogP contribution >= 0.6 is 0 Å². The Balaban J connectivity index is 2.14. The molecule has 1 aliphatic heterocycles. The highest BCUT2D eigenvalue weighted by Gasteiger charge is 2.33. The van der Waals surface area contributed by atoms with Crippen LogP contribution in [0.5, 0.6) is 23.0 Å². The van der Waals surface area contributed by atoms with Crippen LogP contribution in [0.15, 0.2) is 30.3 Å². The fourth-order valence-electron chi connectivity index (χ4n) is 4.97. The zero-order chi connectivity index (χ0) is 22.4. The first kappa shape index (κ1) is 21.3. The molecule has 0 spiro atoms. The second-order valence-electron chi connectivity index (χ2n) is 8.46. The number of nitrogens with zero attached hydrogens (tertiary/aromatic N) is 1. The van der Waals surface area contributed by atoms with Crippen molar-refractivity contribution >= 4 is 10.8 Å². The van der Waals surface area contributed by atoms with E-state index in [9.17, 15) is 5.11 Å². The van der Waals surface area contributed by atoms with E-state index in [0.29, 0.717) is 11.8 Å². The normalized spacial score (nSPS) is 18.7. The number of aromatic hydroxyl groups is 1. The largest absolute Gasteiger partial charge is 0.507 e. The third kappa shape index (κ3) is 3.28. The number of rotatable bonds is 4. The van der Waals surface area contributed by atoms with E-state index >= 15 is 0 Å². The predicted octanol–water partition coefficient (Wildman–Crippen LogP) is 5.48. The van der Waals surface area contributed by atoms with Crippen LogP contribution in [0.4, 0.5) is 0 Å². The molecule has 1 N–H and O–H groups in total. The molecule has 4 rings (SSSR count). The van der Waals surface area contributed by atoms with Crippen LogP contribution in [-0.4, -0.2) is 44.4 Å². The first-order valence-electron chi connectivity index (χ1n) is 10.6. The summed E-state index contributed by atoms with van der Waals surface area (Å²) in [7, 11) is 7.13. The number of fused-ring (bicyclic) bond motifs is 2. The summed E-state index contributed by atoms with van der Waals surface area (Å²) in [5.41, 5.74) is 5.30. The summed E-state index contributed by atoms with van der Waals surface area (Å²) >= 11 is 0. The summed E-state index contributed by atoms with van der Waals surface area (Å²) in [6.07, 6.45) is 0.826. The Hall–Kier alpha value is -2.92. The Morgan fingerprint density at radius 1 is 0.935 bits per heavy atom. The van der Waals surface area contributed by atoms with E-state index in [1.807, 2.05) is 12.1 Å². The van der Waals surface area contributed by atoms with Gasteiger partial charge < -0.3 is 19.3 Å². The van der Waals surface area contributed by atoms with Crippen LogP contribution in [0.2, 0.25) is 0 Å². The molecule has 0 saturated heterocycles. The van der Waals surface area contributed by atoms with Gasteiger partial charge in [-0.25, -0.2) is 0 Å². The van der Waals surface area contributed by atoms with Crippen molar-refractivity contribution in [2.45, 2.75) is 39.3 Å². The molecule has 31 heavy (non-hydrogen) atoms. The van der Waals surface area contributed by atoms with E-state index in [2.05, 4.69) is 44.9 Å². The van der Waals surface area contributed by atoms with E-state index in [4.69, 9.17) is 14.2 Å². The maximum Gasteiger partial charge on any atom is 0.130 e. The molecule has 0 aromatic heterocycles. The minimum Gasteiger partial charge on any atom is -0.507 e. The fourth-order valence-corrected chi connectivity index (χ4v) is 4.97. The fraction of sp³-hybridized carbons (Fsp3) is 0.385. The van der Waals surface area contributed by atoms with Crippen molar-refractivity contribution in [1.82, 2.24) is 4.90 Å². The first-order chi connectivity index (χ1) is 14.8. The number of phenols is 1. The SMILES string of the molecule is COc1cc(O)c2c(c1-c1ccc(OC)c3c(OC)cc(C)cc13)C[C@@H](C)N(C)[C@H]2C. The Labute approximate surface area is 184 Å². The molecule has 0 fully saturated rings. The number of benzene rings is 3. The molecule has 0 unspecified atom stereocenters. The molecule has 0 saturated carbocycles. The topological polar surface area (TPSA) is 51.2 Å². The minimum atomic E-state index is 0.101. The molecule has 1 heterocycles. The number of ether oxygens (including phenoxy) is 3. The van der Waals surface area contributed by atoms with Crippen LogP contribution in [0.1, 0.15) is 36.6 Å². The van der Waals surface area contributed by atoms with E-state index < -0.39 is 0 Å². The maximum absolute atomic E-state index is 10.9. The second kappa shape index (κ2) is 7.97. The van der Waals surface area contributed by atoms with Crippen molar-refractivity contribution in [1.29, 1.82) is 0 Å². The van der Waals surface area contributed by atoms with Gasteiger partial charge in [0.05, 0.1) is 26.7 Å². The molecule has 5 heteroatoms. The molecule has 2 atom stereocenters. The number of likely N-dealkylation sites (N-methyl/N-ethyl adjacent to an activating group) is 1. The van der Waals surface area contributed by atoms with Gasteiger partial charge in [-0.2, -0.15) is 0 Å². The summed E-state index contributed by atoms with van der Waals surface area (Å²) in [6, 6.07) is 10.4. The van der Waals surface area contributed by atoms with Crippen LogP contribution in [0, 0.1) is 6.92 Å². The van der Waals surface area contributed by atoms with Gasteiger partial charge in [0.2, 0.25) is 0 Å². The van der Waals surface area contributed by atoms with E-state index in [0.717, 1.165) is 56.5 Å². The molecular formula is C26H31NO4. The van der Waals surface area contributed by atoms with Crippen molar-refractivity contribution < 1.29 is 19.3 Å². The summed E-state index contributed by atoms with van der Waals surface area (Å²) in [6.45, 7) is 6.43. The monoisotopic (exact) mass is 421 g/mol. The average molecular weight is 422 g/mol. The summed E-state index contributed by atoms with van der Waals surface area (Å²) in [5.74, 6) is 2.51. The van der Waals surface area contributed by atoms with Crippen LogP contribution in [0.25, 0.3) is 21.9 Å². The van der Waals surface area contributed by atoms with Crippen LogP contribution < -0.4 is 14.2 Å². The van der Waals surface area contributed by atoms with E-state index in [-0.39, 0.29) is 11.8 Å². The van der Waals surface area contributed by atoms with E-state index in [1.54, 1.807) is 27.4 Å². The lowest BCUT2D eigenvalue weighted by Crippen LogP contribution is -2.38. The van der Waals surface area contributed by atoms with Crippen molar-refractivity contribution in [3.05, 3.63) is 47.0 Å². The Morgan fingerprint density at radius 3 is 2.26 bits per heavy atom. The zero-order valence-electron chi connectivity index (χ0n) is 19.4. The van der Waals surface area contributed by atoms with Crippen molar-refractivity contribution in [3.63, 3.8) is 0 Å². The molecule has 0 radical (unpaired) electrons. The lowest BCUT2D eigenvalue weighted by atomic mass is 9.82. The molecule has 164 valence electrons. The molecular weight excluding hydrogens is 390 g/mol. The molecule has 3 aromatic rings. The molecule has 0 aliphatic carbocycles. The maximum atomic E-state index is 10.9. The van der Waals surface area contributed by atoms with Crippen LogP contribution in [-0.2, 0) is 6.42 Å². The quantitative estimate of drug-likeness (QED) is 0.604. The molecule has 1 aliphatic rings. The lowest BCUT2D eigenvalue weighted by Gasteiger charge is -2.39. The first-order valence-corrected chi connectivity index (χ1v) is 10.6. The van der Waals surface area contributed by atoms with Gasteiger partial charge in [0.15, 0.2) is 0 Å². The smallest absolute Gasteiger partial charge is 0.130 e. The number of hydrogen-bond donors (Lipinski definition) is 1. The van der Waals surface area contributed by atoms with Gasteiger partial charge in [0.25, 0.3) is 0 Å². The van der Waals surface area contributed by atoms with E-state index in [1.165, 1.54) is 0 Å². The Kier molecular flexibility index (Phi) is 5.48. The van der Waals surface area contributed by atoms with Gasteiger partial charge in [0.1, 0.15) is 23.0 Å². The molecule has 3 aromatic carbocycles. The number of aryl methyl sites for hydroxylation is 1. The van der Waals surface area contributed by atoms with Gasteiger partial charge in [-0.15, -0.1) is 0 Å². The highest BCUT2D eigenvalue weighted by Crippen LogP contribution is 2.50. The van der Waals surface area contributed by atoms with Crippen molar-refractivity contribution in [3.8, 4) is 34.1 Å². The number of hydrogen-bond acceptors (Lipinski definition) is 5. The standard InChI is InChI=1S/C26H31NO4/c1-14-10-18-17(8-9-21(29-5)26(18)22(11-14)30-6)25-19-12-15(2)27(4)16(3)24(19)20(28)13-23(25)31-7/h8-11,13,15-16,28H,12H2,1-7H3/t15-,16+/m1/s1. The highest BCUT2D eigenvalue weighted by atomic mass is 16.5. The average Bonchev–Trinajstić information content (AvgIpc) is 2.75. The molecule has 0 amide bonds. The minimum absolute atomic E-state index is 0.101. The zero-order valence-corrected chi connectivity index (χ0v) is 19.4. The van der Waals surface area contributed by atoms with Gasteiger partial charge in [0, 0.05) is 29.3 Å². The predicted molar refractivity (Wildman–Crippen MR) is 125 cm³/mol.